The summed E-state index contributed by atoms with van der Waals surface area (Å²) in [6.45, 7) is 2.43. The summed E-state index contributed by atoms with van der Waals surface area (Å²) < 4.78 is 0. The Morgan fingerprint density at radius 2 is 2.50 bits per heavy atom. The predicted octanol–water partition coefficient (Wildman–Crippen LogP) is 0.705. The molecule has 0 bridgehead atoms. The number of hydrogen-bond donors (Lipinski definition) is 1. The van der Waals surface area contributed by atoms with Crippen molar-refractivity contribution in [3.63, 3.8) is 0 Å². The van der Waals surface area contributed by atoms with E-state index in [2.05, 4.69) is 15.2 Å². The fraction of sp³-hybridized carbons (Fsp3) is 0.625. The van der Waals surface area contributed by atoms with E-state index in [1.54, 1.807) is 11.8 Å². The second-order valence-electron chi connectivity index (χ2n) is 3.45. The van der Waals surface area contributed by atoms with E-state index in [9.17, 15) is 4.79 Å². The van der Waals surface area contributed by atoms with Crippen molar-refractivity contribution in [1.82, 2.24) is 15.2 Å². The van der Waals surface area contributed by atoms with Crippen LogP contribution in [0, 0.1) is 12.8 Å². The molecule has 1 unspecified atom stereocenters. The number of carbonyl (C=O) groups excluding carboxylic acids is 1. The van der Waals surface area contributed by atoms with Crippen LogP contribution >= 0.6 is 11.6 Å². The molecule has 1 amide bonds. The van der Waals surface area contributed by atoms with Crippen LogP contribution in [0.4, 0.5) is 5.95 Å². The van der Waals surface area contributed by atoms with E-state index in [0.29, 0.717) is 30.6 Å². The van der Waals surface area contributed by atoms with Gasteiger partial charge in [0.25, 0.3) is 5.95 Å². The van der Waals surface area contributed by atoms with Crippen LogP contribution in [-0.4, -0.2) is 33.5 Å². The molecular weight excluding hydrogens is 204 g/mol. The quantitative estimate of drug-likeness (QED) is 0.738. The van der Waals surface area contributed by atoms with Crippen molar-refractivity contribution in [2.45, 2.75) is 13.3 Å². The lowest BCUT2D eigenvalue weighted by atomic mass is 10.2. The summed E-state index contributed by atoms with van der Waals surface area (Å²) in [5.74, 6) is 1.95. The van der Waals surface area contributed by atoms with Crippen LogP contribution in [0.1, 0.15) is 12.2 Å². The van der Waals surface area contributed by atoms with Gasteiger partial charge in [-0.15, -0.1) is 16.7 Å². The summed E-state index contributed by atoms with van der Waals surface area (Å²) >= 11 is 5.70. The predicted molar refractivity (Wildman–Crippen MR) is 52.3 cm³/mol. The Bertz CT molecular complexity index is 351. The van der Waals surface area contributed by atoms with Crippen molar-refractivity contribution in [1.29, 1.82) is 0 Å². The van der Waals surface area contributed by atoms with Gasteiger partial charge in [0.05, 0.1) is 0 Å². The van der Waals surface area contributed by atoms with Gasteiger partial charge in [0.1, 0.15) is 5.82 Å². The van der Waals surface area contributed by atoms with E-state index in [-0.39, 0.29) is 11.8 Å². The van der Waals surface area contributed by atoms with Crippen LogP contribution in [0.25, 0.3) is 0 Å². The van der Waals surface area contributed by atoms with Crippen LogP contribution in [0.2, 0.25) is 0 Å². The maximum absolute atomic E-state index is 11.5. The molecule has 2 heterocycles. The third-order valence-electron chi connectivity index (χ3n) is 2.25. The number of anilines is 1. The van der Waals surface area contributed by atoms with Gasteiger partial charge in [-0.2, -0.15) is 4.98 Å². The second kappa shape index (κ2) is 3.57. The average Bonchev–Trinajstić information content (AvgIpc) is 2.71. The fourth-order valence-electron chi connectivity index (χ4n) is 1.53. The first-order chi connectivity index (χ1) is 6.70. The van der Waals surface area contributed by atoms with E-state index >= 15 is 0 Å². The van der Waals surface area contributed by atoms with Crippen LogP contribution in [-0.2, 0) is 4.79 Å². The monoisotopic (exact) mass is 214 g/mol. The van der Waals surface area contributed by atoms with Gasteiger partial charge >= 0.3 is 0 Å². The molecule has 1 N–H and O–H groups in total. The van der Waals surface area contributed by atoms with Crippen LogP contribution in [0.5, 0.6) is 0 Å². The zero-order valence-electron chi connectivity index (χ0n) is 7.83. The highest BCUT2D eigenvalue weighted by Gasteiger charge is 2.31. The van der Waals surface area contributed by atoms with Crippen molar-refractivity contribution in [2.24, 2.45) is 5.92 Å². The minimum atomic E-state index is 0.0506. The molecule has 14 heavy (non-hydrogen) atoms. The molecule has 1 aromatic rings. The number of H-pyrrole nitrogens is 1. The molecule has 1 aliphatic rings. The van der Waals surface area contributed by atoms with Crippen LogP contribution in [0.15, 0.2) is 0 Å². The highest BCUT2D eigenvalue weighted by atomic mass is 35.5. The zero-order chi connectivity index (χ0) is 10.1. The number of hydrogen-bond acceptors (Lipinski definition) is 3. The molecule has 0 radical (unpaired) electrons. The van der Waals surface area contributed by atoms with Gasteiger partial charge in [-0.3, -0.25) is 14.8 Å². The molecule has 6 heteroatoms. The van der Waals surface area contributed by atoms with E-state index in [4.69, 9.17) is 11.6 Å². The van der Waals surface area contributed by atoms with E-state index in [0.717, 1.165) is 0 Å². The molecule has 2 rings (SSSR count). The standard InChI is InChI=1S/C8H11ClN4O/c1-5-10-8(12-11-5)13-4-6(3-9)2-7(13)14/h6H,2-4H2,1H3,(H,10,11,12). The molecule has 0 aromatic carbocycles. The molecule has 1 fully saturated rings. The number of aryl methyl sites for hydroxylation is 1. The van der Waals surface area contributed by atoms with E-state index < -0.39 is 0 Å². The Morgan fingerprint density at radius 3 is 3.00 bits per heavy atom. The second-order valence-corrected chi connectivity index (χ2v) is 3.76. The smallest absolute Gasteiger partial charge is 0.251 e. The highest BCUT2D eigenvalue weighted by molar-refractivity contribution is 6.18. The number of aromatic amines is 1. The molecule has 0 spiro atoms. The molecule has 76 valence electrons. The van der Waals surface area contributed by atoms with Crippen molar-refractivity contribution >= 4 is 23.5 Å². The number of nitrogens with zero attached hydrogens (tertiary/aromatic N) is 3. The maximum Gasteiger partial charge on any atom is 0.251 e. The lowest BCUT2D eigenvalue weighted by molar-refractivity contribution is -0.117. The molecule has 1 saturated heterocycles. The number of nitrogens with one attached hydrogen (secondary N) is 1. The lowest BCUT2D eigenvalue weighted by Gasteiger charge is -2.10. The minimum absolute atomic E-state index is 0.0506. The van der Waals surface area contributed by atoms with Gasteiger partial charge < -0.3 is 0 Å². The lowest BCUT2D eigenvalue weighted by Crippen LogP contribution is -2.25. The van der Waals surface area contributed by atoms with Gasteiger partial charge in [0, 0.05) is 18.8 Å². The van der Waals surface area contributed by atoms with Crippen molar-refractivity contribution < 1.29 is 4.79 Å². The summed E-state index contributed by atoms with van der Waals surface area (Å²) in [5.41, 5.74) is 0. The molecule has 0 aliphatic carbocycles. The Labute approximate surface area is 86.5 Å². The van der Waals surface area contributed by atoms with Crippen LogP contribution < -0.4 is 4.90 Å². The van der Waals surface area contributed by atoms with Gasteiger partial charge in [0.15, 0.2) is 0 Å². The largest absolute Gasteiger partial charge is 0.279 e. The molecule has 1 aromatic heterocycles. The van der Waals surface area contributed by atoms with Crippen molar-refractivity contribution in [3.8, 4) is 0 Å². The summed E-state index contributed by atoms with van der Waals surface area (Å²) in [4.78, 5) is 17.2. The fourth-order valence-corrected chi connectivity index (χ4v) is 1.74. The maximum atomic E-state index is 11.5. The van der Waals surface area contributed by atoms with Gasteiger partial charge in [-0.1, -0.05) is 0 Å². The Kier molecular flexibility index (Phi) is 2.41. The van der Waals surface area contributed by atoms with Crippen molar-refractivity contribution in [3.05, 3.63) is 5.82 Å². The zero-order valence-corrected chi connectivity index (χ0v) is 8.58. The minimum Gasteiger partial charge on any atom is -0.279 e. The van der Waals surface area contributed by atoms with Gasteiger partial charge in [-0.25, -0.2) is 0 Å². The number of aromatic nitrogens is 3. The van der Waals surface area contributed by atoms with Gasteiger partial charge in [-0.05, 0) is 12.8 Å². The molecular formula is C8H11ClN4O. The molecule has 1 aliphatic heterocycles. The first kappa shape index (κ1) is 9.45. The summed E-state index contributed by atoms with van der Waals surface area (Å²) in [5, 5.41) is 6.65. The van der Waals surface area contributed by atoms with Crippen LogP contribution in [0.3, 0.4) is 0 Å². The molecule has 0 saturated carbocycles. The summed E-state index contributed by atoms with van der Waals surface area (Å²) in [6.07, 6.45) is 0.497. The highest BCUT2D eigenvalue weighted by Crippen LogP contribution is 2.22. The summed E-state index contributed by atoms with van der Waals surface area (Å²) in [7, 11) is 0. The SMILES string of the molecule is Cc1nc(N2CC(CCl)CC2=O)n[nH]1. The third-order valence-corrected chi connectivity index (χ3v) is 2.69. The average molecular weight is 215 g/mol. The first-order valence-corrected chi connectivity index (χ1v) is 4.99. The third kappa shape index (κ3) is 1.59. The molecule has 1 atom stereocenters. The summed E-state index contributed by atoms with van der Waals surface area (Å²) in [6, 6.07) is 0. The Balaban J connectivity index is 2.16. The number of rotatable bonds is 2. The van der Waals surface area contributed by atoms with E-state index in [1.165, 1.54) is 0 Å². The normalized spacial score (nSPS) is 22.0. The topological polar surface area (TPSA) is 61.9 Å². The first-order valence-electron chi connectivity index (χ1n) is 4.46. The molecule has 5 nitrogen and oxygen atoms in total. The number of halogens is 1. The Morgan fingerprint density at radius 1 is 1.71 bits per heavy atom. The number of amides is 1. The van der Waals surface area contributed by atoms with Gasteiger partial charge in [0.2, 0.25) is 5.91 Å². The van der Waals surface area contributed by atoms with Crippen molar-refractivity contribution in [2.75, 3.05) is 17.3 Å². The van der Waals surface area contributed by atoms with E-state index in [1.807, 2.05) is 0 Å². The Hall–Kier alpha value is -1.10. The number of carbonyl (C=O) groups is 1. The number of alkyl halides is 1.